The van der Waals surface area contributed by atoms with E-state index in [0.29, 0.717) is 23.3 Å². The molecule has 2 aromatic heterocycles. The van der Waals surface area contributed by atoms with E-state index >= 15 is 0 Å². The van der Waals surface area contributed by atoms with Gasteiger partial charge in [0, 0.05) is 29.5 Å². The van der Waals surface area contributed by atoms with Crippen molar-refractivity contribution in [2.24, 2.45) is 0 Å². The Bertz CT molecular complexity index is 1020. The van der Waals surface area contributed by atoms with Crippen LogP contribution in [0, 0.1) is 12.3 Å². The molecule has 3 aromatic rings. The molecule has 0 fully saturated rings. The zero-order valence-corrected chi connectivity index (χ0v) is 15.9. The zero-order chi connectivity index (χ0) is 20.1. The molecule has 0 saturated heterocycles. The van der Waals surface area contributed by atoms with E-state index in [9.17, 15) is 9.90 Å². The molecular formula is C22H23N3O3. The van der Waals surface area contributed by atoms with E-state index in [1.807, 2.05) is 26.1 Å². The second-order valence-electron chi connectivity index (χ2n) is 6.79. The second kappa shape index (κ2) is 8.59. The number of hydrogen-bond acceptors (Lipinski definition) is 4. The van der Waals surface area contributed by atoms with Gasteiger partial charge in [-0.05, 0) is 44.0 Å². The fraction of sp³-hybridized carbons (Fsp3) is 0.273. The van der Waals surface area contributed by atoms with Crippen LogP contribution in [0.15, 0.2) is 42.9 Å². The number of fused-ring (bicyclic) bond motifs is 1. The zero-order valence-electron chi connectivity index (χ0n) is 15.9. The summed E-state index contributed by atoms with van der Waals surface area (Å²) in [5.41, 5.74) is 2.80. The molecule has 0 spiro atoms. The lowest BCUT2D eigenvalue weighted by molar-refractivity contribution is 0.0910. The van der Waals surface area contributed by atoms with E-state index < -0.39 is 6.04 Å². The smallest absolute Gasteiger partial charge is 0.255 e. The van der Waals surface area contributed by atoms with Gasteiger partial charge in [-0.3, -0.25) is 9.78 Å². The SMILES string of the molecule is C#Cc1cccc(C(=O)NC(CO)Cc2c[nH]c3ccncc23)c1OC(C)C. The summed E-state index contributed by atoms with van der Waals surface area (Å²) in [5, 5.41) is 13.6. The van der Waals surface area contributed by atoms with Crippen LogP contribution in [-0.4, -0.2) is 39.7 Å². The first kappa shape index (κ1) is 19.5. The predicted molar refractivity (Wildman–Crippen MR) is 108 cm³/mol. The molecule has 0 saturated carbocycles. The molecule has 0 aliphatic rings. The molecule has 1 aromatic carbocycles. The van der Waals surface area contributed by atoms with Crippen LogP contribution in [0.2, 0.25) is 0 Å². The van der Waals surface area contributed by atoms with E-state index in [4.69, 9.17) is 11.2 Å². The molecule has 1 atom stereocenters. The van der Waals surface area contributed by atoms with Crippen LogP contribution < -0.4 is 10.1 Å². The molecule has 3 rings (SSSR count). The molecule has 6 nitrogen and oxygen atoms in total. The third-order valence-electron chi connectivity index (χ3n) is 4.36. The number of benzene rings is 1. The summed E-state index contributed by atoms with van der Waals surface area (Å²) in [6.07, 6.45) is 11.2. The number of carbonyl (C=O) groups is 1. The molecule has 144 valence electrons. The number of amides is 1. The Labute approximate surface area is 164 Å². The van der Waals surface area contributed by atoms with Crippen LogP contribution in [0.1, 0.15) is 35.3 Å². The third kappa shape index (κ3) is 4.16. The maximum atomic E-state index is 12.9. The summed E-state index contributed by atoms with van der Waals surface area (Å²) in [6, 6.07) is 6.53. The molecule has 0 radical (unpaired) electrons. The van der Waals surface area contributed by atoms with Gasteiger partial charge < -0.3 is 20.1 Å². The Morgan fingerprint density at radius 3 is 2.93 bits per heavy atom. The van der Waals surface area contributed by atoms with Crippen molar-refractivity contribution in [1.29, 1.82) is 0 Å². The summed E-state index contributed by atoms with van der Waals surface area (Å²) >= 11 is 0. The predicted octanol–water partition coefficient (Wildman–Crippen LogP) is 2.66. The van der Waals surface area contributed by atoms with Crippen molar-refractivity contribution in [3.8, 4) is 18.1 Å². The number of terminal acetylenes is 1. The second-order valence-corrected chi connectivity index (χ2v) is 6.79. The van der Waals surface area contributed by atoms with Crippen LogP contribution in [0.25, 0.3) is 10.9 Å². The number of aromatic nitrogens is 2. The van der Waals surface area contributed by atoms with Crippen molar-refractivity contribution in [2.75, 3.05) is 6.61 Å². The van der Waals surface area contributed by atoms with Crippen molar-refractivity contribution >= 4 is 16.8 Å². The van der Waals surface area contributed by atoms with E-state index in [1.165, 1.54) is 0 Å². The first-order valence-electron chi connectivity index (χ1n) is 9.11. The van der Waals surface area contributed by atoms with Crippen molar-refractivity contribution in [1.82, 2.24) is 15.3 Å². The number of ether oxygens (including phenoxy) is 1. The van der Waals surface area contributed by atoms with Crippen molar-refractivity contribution in [3.63, 3.8) is 0 Å². The number of aliphatic hydroxyl groups excluding tert-OH is 1. The van der Waals surface area contributed by atoms with Gasteiger partial charge in [0.1, 0.15) is 5.75 Å². The van der Waals surface area contributed by atoms with Gasteiger partial charge in [-0.1, -0.05) is 12.0 Å². The lowest BCUT2D eigenvalue weighted by Crippen LogP contribution is -2.39. The third-order valence-corrected chi connectivity index (χ3v) is 4.36. The highest BCUT2D eigenvalue weighted by Gasteiger charge is 2.20. The van der Waals surface area contributed by atoms with Gasteiger partial charge in [-0.15, -0.1) is 6.42 Å². The minimum Gasteiger partial charge on any atom is -0.489 e. The standard InChI is InChI=1S/C22H23N3O3/c1-4-15-6-5-7-18(21(15)28-14(2)3)22(27)25-17(13-26)10-16-11-24-20-8-9-23-12-19(16)20/h1,5-9,11-12,14,17,24,26H,10,13H2,2-3H3,(H,25,27). The Balaban J connectivity index is 1.82. The monoisotopic (exact) mass is 377 g/mol. The van der Waals surface area contributed by atoms with Crippen LogP contribution in [-0.2, 0) is 6.42 Å². The number of aromatic amines is 1. The first-order valence-corrected chi connectivity index (χ1v) is 9.11. The minimum absolute atomic E-state index is 0.131. The topological polar surface area (TPSA) is 87.2 Å². The quantitative estimate of drug-likeness (QED) is 0.553. The summed E-state index contributed by atoms with van der Waals surface area (Å²) in [4.78, 5) is 20.2. The van der Waals surface area contributed by atoms with Crippen molar-refractivity contribution in [2.45, 2.75) is 32.4 Å². The van der Waals surface area contributed by atoms with Gasteiger partial charge in [0.25, 0.3) is 5.91 Å². The molecule has 0 aliphatic heterocycles. The Morgan fingerprint density at radius 1 is 1.39 bits per heavy atom. The van der Waals surface area contributed by atoms with Gasteiger partial charge in [0.15, 0.2) is 0 Å². The summed E-state index contributed by atoms with van der Waals surface area (Å²) in [7, 11) is 0. The number of rotatable bonds is 7. The number of carbonyl (C=O) groups excluding carboxylic acids is 1. The number of pyridine rings is 1. The molecule has 1 unspecified atom stereocenters. The van der Waals surface area contributed by atoms with E-state index in [-0.39, 0.29) is 18.6 Å². The highest BCUT2D eigenvalue weighted by Crippen LogP contribution is 2.25. The Kier molecular flexibility index (Phi) is 5.97. The van der Waals surface area contributed by atoms with E-state index in [1.54, 1.807) is 30.6 Å². The van der Waals surface area contributed by atoms with Crippen molar-refractivity contribution in [3.05, 3.63) is 59.5 Å². The number of hydrogen-bond donors (Lipinski definition) is 3. The number of aliphatic hydroxyl groups is 1. The lowest BCUT2D eigenvalue weighted by atomic mass is 10.0. The number of nitrogens with one attached hydrogen (secondary N) is 2. The highest BCUT2D eigenvalue weighted by atomic mass is 16.5. The number of para-hydroxylation sites is 1. The lowest BCUT2D eigenvalue weighted by Gasteiger charge is -2.19. The molecule has 1 amide bonds. The summed E-state index contributed by atoms with van der Waals surface area (Å²) in [5.74, 6) is 2.59. The number of nitrogens with zero attached hydrogens (tertiary/aromatic N) is 1. The van der Waals surface area contributed by atoms with Gasteiger partial charge in [-0.25, -0.2) is 0 Å². The van der Waals surface area contributed by atoms with Gasteiger partial charge in [0.05, 0.1) is 29.9 Å². The van der Waals surface area contributed by atoms with Crippen LogP contribution >= 0.6 is 0 Å². The molecule has 0 bridgehead atoms. The summed E-state index contributed by atoms with van der Waals surface area (Å²) in [6.45, 7) is 3.54. The molecule has 0 aliphatic carbocycles. The van der Waals surface area contributed by atoms with Crippen molar-refractivity contribution < 1.29 is 14.6 Å². The highest BCUT2D eigenvalue weighted by molar-refractivity contribution is 5.98. The first-order chi connectivity index (χ1) is 13.5. The minimum atomic E-state index is -0.465. The maximum Gasteiger partial charge on any atom is 0.255 e. The molecular weight excluding hydrogens is 354 g/mol. The van der Waals surface area contributed by atoms with E-state index in [2.05, 4.69) is 21.2 Å². The summed E-state index contributed by atoms with van der Waals surface area (Å²) < 4.78 is 5.79. The Morgan fingerprint density at radius 2 is 2.21 bits per heavy atom. The van der Waals surface area contributed by atoms with Gasteiger partial charge in [0.2, 0.25) is 0 Å². The van der Waals surface area contributed by atoms with Gasteiger partial charge >= 0.3 is 0 Å². The number of H-pyrrole nitrogens is 1. The molecule has 28 heavy (non-hydrogen) atoms. The fourth-order valence-electron chi connectivity index (χ4n) is 3.07. The average molecular weight is 377 g/mol. The van der Waals surface area contributed by atoms with Crippen LogP contribution in [0.5, 0.6) is 5.75 Å². The average Bonchev–Trinajstić information content (AvgIpc) is 3.10. The Hall–Kier alpha value is -3.30. The largest absolute Gasteiger partial charge is 0.489 e. The van der Waals surface area contributed by atoms with Gasteiger partial charge in [-0.2, -0.15) is 0 Å². The molecule has 3 N–H and O–H groups in total. The molecule has 2 heterocycles. The fourth-order valence-corrected chi connectivity index (χ4v) is 3.07. The van der Waals surface area contributed by atoms with E-state index in [0.717, 1.165) is 16.5 Å². The molecule has 6 heteroatoms. The van der Waals surface area contributed by atoms with Crippen LogP contribution in [0.4, 0.5) is 0 Å². The van der Waals surface area contributed by atoms with Crippen LogP contribution in [0.3, 0.4) is 0 Å². The normalized spacial score (nSPS) is 12.0. The maximum absolute atomic E-state index is 12.9.